The quantitative estimate of drug-likeness (QED) is 0.819. The Bertz CT molecular complexity index is 607. The summed E-state index contributed by atoms with van der Waals surface area (Å²) in [6, 6.07) is 1.74. The molecular formula is C11H16N6O. The highest BCUT2D eigenvalue weighted by atomic mass is 16.2. The van der Waals surface area contributed by atoms with Crippen molar-refractivity contribution in [3.05, 3.63) is 28.6 Å². The Hall–Kier alpha value is -2.05. The van der Waals surface area contributed by atoms with Crippen LogP contribution < -0.4 is 11.4 Å². The maximum Gasteiger partial charge on any atom is 0.345 e. The van der Waals surface area contributed by atoms with Gasteiger partial charge in [0.1, 0.15) is 11.6 Å². The molecule has 0 saturated carbocycles. The number of fused-ring (bicyclic) bond motifs is 1. The van der Waals surface area contributed by atoms with E-state index in [0.29, 0.717) is 18.9 Å². The molecule has 0 unspecified atom stereocenters. The zero-order chi connectivity index (χ0) is 12.5. The lowest BCUT2D eigenvalue weighted by Gasteiger charge is -2.09. The van der Waals surface area contributed by atoms with Gasteiger partial charge in [-0.25, -0.2) is 9.48 Å². The maximum absolute atomic E-state index is 12.0. The molecule has 3 heterocycles. The first-order valence-electron chi connectivity index (χ1n) is 6.19. The second kappa shape index (κ2) is 4.32. The first-order chi connectivity index (χ1) is 8.74. The van der Waals surface area contributed by atoms with E-state index >= 15 is 0 Å². The molecule has 2 aromatic heterocycles. The summed E-state index contributed by atoms with van der Waals surface area (Å²) in [4.78, 5) is 12.0. The summed E-state index contributed by atoms with van der Waals surface area (Å²) in [7, 11) is 0. The van der Waals surface area contributed by atoms with E-state index in [1.54, 1.807) is 21.5 Å². The third-order valence-corrected chi connectivity index (χ3v) is 3.23. The zero-order valence-electron chi connectivity index (χ0n) is 10.1. The molecule has 1 aliphatic heterocycles. The number of nitrogen functional groups attached to an aromatic ring is 1. The Kier molecular flexibility index (Phi) is 2.66. The summed E-state index contributed by atoms with van der Waals surface area (Å²) in [6.07, 6.45) is 4.88. The van der Waals surface area contributed by atoms with Crippen LogP contribution in [0.1, 0.15) is 18.7 Å². The molecule has 1 aliphatic rings. The lowest BCUT2D eigenvalue weighted by molar-refractivity contribution is 0.482. The highest BCUT2D eigenvalue weighted by Crippen LogP contribution is 2.09. The van der Waals surface area contributed by atoms with Crippen molar-refractivity contribution >= 4 is 5.82 Å². The van der Waals surface area contributed by atoms with E-state index in [2.05, 4.69) is 10.2 Å². The van der Waals surface area contributed by atoms with Gasteiger partial charge in [0.25, 0.3) is 0 Å². The largest absolute Gasteiger partial charge is 0.382 e. The number of nitrogens with two attached hydrogens (primary N) is 1. The topological polar surface area (TPSA) is 83.7 Å². The number of aryl methyl sites for hydroxylation is 3. The van der Waals surface area contributed by atoms with Crippen LogP contribution in [0.5, 0.6) is 0 Å². The predicted octanol–water partition coefficient (Wildman–Crippen LogP) is -0.140. The highest BCUT2D eigenvalue weighted by Gasteiger charge is 2.16. The van der Waals surface area contributed by atoms with Crippen LogP contribution in [0.15, 0.2) is 17.1 Å². The molecule has 0 aromatic carbocycles. The molecule has 0 bridgehead atoms. The number of hydrogen-bond donors (Lipinski definition) is 1. The number of anilines is 1. The van der Waals surface area contributed by atoms with E-state index in [1.807, 2.05) is 0 Å². The lowest BCUT2D eigenvalue weighted by atomic mass is 10.2. The van der Waals surface area contributed by atoms with Crippen LogP contribution in [0.2, 0.25) is 0 Å². The average Bonchev–Trinajstić information content (AvgIpc) is 2.92. The monoisotopic (exact) mass is 248 g/mol. The second-order valence-electron chi connectivity index (χ2n) is 4.53. The van der Waals surface area contributed by atoms with Crippen LogP contribution >= 0.6 is 0 Å². The normalized spacial score (nSPS) is 14.7. The molecule has 96 valence electrons. The molecule has 3 rings (SSSR count). The Balaban J connectivity index is 1.77. The maximum atomic E-state index is 12.0. The standard InChI is InChI=1S/C11H16N6O/c12-9-4-6-15(13-9)7-8-17-11(18)16-5-2-1-3-10(16)14-17/h4,6H,1-3,5,7-8H2,(H2,12,13). The molecule has 0 saturated heterocycles. The van der Waals surface area contributed by atoms with E-state index < -0.39 is 0 Å². The first kappa shape index (κ1) is 11.1. The van der Waals surface area contributed by atoms with Gasteiger partial charge in [0.05, 0.1) is 13.1 Å². The lowest BCUT2D eigenvalue weighted by Crippen LogP contribution is -2.28. The van der Waals surface area contributed by atoms with Crippen LogP contribution in [0, 0.1) is 0 Å². The van der Waals surface area contributed by atoms with Crippen molar-refractivity contribution in [1.82, 2.24) is 24.1 Å². The summed E-state index contributed by atoms with van der Waals surface area (Å²) >= 11 is 0. The van der Waals surface area contributed by atoms with Crippen LogP contribution in [0.3, 0.4) is 0 Å². The van der Waals surface area contributed by atoms with Crippen LogP contribution in [0.25, 0.3) is 0 Å². The smallest absolute Gasteiger partial charge is 0.345 e. The second-order valence-corrected chi connectivity index (χ2v) is 4.53. The third kappa shape index (κ3) is 1.92. The van der Waals surface area contributed by atoms with Crippen LogP contribution in [-0.4, -0.2) is 24.1 Å². The van der Waals surface area contributed by atoms with E-state index in [4.69, 9.17) is 5.73 Å². The Morgan fingerprint density at radius 1 is 1.28 bits per heavy atom. The van der Waals surface area contributed by atoms with Gasteiger partial charge in [-0.2, -0.15) is 10.2 Å². The Morgan fingerprint density at radius 3 is 2.89 bits per heavy atom. The van der Waals surface area contributed by atoms with Crippen molar-refractivity contribution in [3.63, 3.8) is 0 Å². The first-order valence-corrected chi connectivity index (χ1v) is 6.19. The fraction of sp³-hybridized carbons (Fsp3) is 0.545. The van der Waals surface area contributed by atoms with Gasteiger partial charge in [-0.15, -0.1) is 0 Å². The summed E-state index contributed by atoms with van der Waals surface area (Å²) in [6.45, 7) is 1.93. The fourth-order valence-electron chi connectivity index (χ4n) is 2.29. The van der Waals surface area contributed by atoms with E-state index in [1.165, 1.54) is 4.68 Å². The number of nitrogens with zero attached hydrogens (tertiary/aromatic N) is 5. The van der Waals surface area contributed by atoms with Gasteiger partial charge in [0.2, 0.25) is 0 Å². The molecular weight excluding hydrogens is 232 g/mol. The number of hydrogen-bond acceptors (Lipinski definition) is 4. The summed E-state index contributed by atoms with van der Waals surface area (Å²) in [5, 5.41) is 8.45. The van der Waals surface area contributed by atoms with Gasteiger partial charge < -0.3 is 5.73 Å². The van der Waals surface area contributed by atoms with Gasteiger partial charge in [-0.05, 0) is 18.9 Å². The minimum Gasteiger partial charge on any atom is -0.382 e. The number of aromatic nitrogens is 5. The molecule has 2 aromatic rings. The van der Waals surface area contributed by atoms with Gasteiger partial charge >= 0.3 is 5.69 Å². The SMILES string of the molecule is Nc1ccn(CCn2nc3n(c2=O)CCCC3)n1. The molecule has 7 heteroatoms. The van der Waals surface area contributed by atoms with Gasteiger partial charge in [-0.1, -0.05) is 0 Å². The average molecular weight is 248 g/mol. The molecule has 0 amide bonds. The minimum atomic E-state index is -0.00942. The van der Waals surface area contributed by atoms with Crippen LogP contribution in [-0.2, 0) is 26.1 Å². The van der Waals surface area contributed by atoms with Gasteiger partial charge in [-0.3, -0.25) is 9.25 Å². The van der Waals surface area contributed by atoms with Crippen molar-refractivity contribution < 1.29 is 0 Å². The summed E-state index contributed by atoms with van der Waals surface area (Å²) in [5.41, 5.74) is 5.53. The van der Waals surface area contributed by atoms with Crippen molar-refractivity contribution in [2.45, 2.75) is 38.9 Å². The summed E-state index contributed by atoms with van der Waals surface area (Å²) in [5.74, 6) is 1.40. The molecule has 0 aliphatic carbocycles. The van der Waals surface area contributed by atoms with Gasteiger partial charge in [0, 0.05) is 19.2 Å². The molecule has 7 nitrogen and oxygen atoms in total. The molecule has 18 heavy (non-hydrogen) atoms. The van der Waals surface area contributed by atoms with Crippen molar-refractivity contribution in [2.75, 3.05) is 5.73 Å². The van der Waals surface area contributed by atoms with E-state index in [9.17, 15) is 4.79 Å². The van der Waals surface area contributed by atoms with E-state index in [0.717, 1.165) is 31.6 Å². The van der Waals surface area contributed by atoms with Crippen molar-refractivity contribution in [3.8, 4) is 0 Å². The highest BCUT2D eigenvalue weighted by molar-refractivity contribution is 5.23. The van der Waals surface area contributed by atoms with Crippen LogP contribution in [0.4, 0.5) is 5.82 Å². The molecule has 0 atom stereocenters. The predicted molar refractivity (Wildman–Crippen MR) is 66.1 cm³/mol. The zero-order valence-corrected chi connectivity index (χ0v) is 10.1. The van der Waals surface area contributed by atoms with Crippen molar-refractivity contribution in [1.29, 1.82) is 0 Å². The number of rotatable bonds is 3. The molecule has 0 spiro atoms. The van der Waals surface area contributed by atoms with Gasteiger partial charge in [0.15, 0.2) is 0 Å². The molecule has 2 N–H and O–H groups in total. The molecule has 0 fully saturated rings. The Morgan fingerprint density at radius 2 is 2.17 bits per heavy atom. The minimum absolute atomic E-state index is 0.00942. The van der Waals surface area contributed by atoms with E-state index in [-0.39, 0.29) is 5.69 Å². The molecule has 0 radical (unpaired) electrons. The van der Waals surface area contributed by atoms with Crippen molar-refractivity contribution in [2.24, 2.45) is 0 Å². The third-order valence-electron chi connectivity index (χ3n) is 3.23. The summed E-state index contributed by atoms with van der Waals surface area (Å²) < 4.78 is 5.03. The Labute approximate surface area is 104 Å². The fourth-order valence-corrected chi connectivity index (χ4v) is 2.29.